The SMILES string of the molecule is CC(C)C1CCCN1C(=O)c1cc(Br)ccc1N. The van der Waals surface area contributed by atoms with Crippen molar-refractivity contribution in [3.63, 3.8) is 0 Å². The number of nitrogens with zero attached hydrogens (tertiary/aromatic N) is 1. The Hall–Kier alpha value is -1.03. The first kappa shape index (κ1) is 13.4. The van der Waals surface area contributed by atoms with Crippen LogP contribution in [0.4, 0.5) is 5.69 Å². The fraction of sp³-hybridized carbons (Fsp3) is 0.500. The Kier molecular flexibility index (Phi) is 3.95. The van der Waals surface area contributed by atoms with Gasteiger partial charge in [-0.3, -0.25) is 4.79 Å². The second-order valence-electron chi connectivity index (χ2n) is 5.18. The smallest absolute Gasteiger partial charge is 0.256 e. The number of hydrogen-bond donors (Lipinski definition) is 1. The molecule has 4 heteroatoms. The van der Waals surface area contributed by atoms with Gasteiger partial charge in [0.1, 0.15) is 0 Å². The minimum Gasteiger partial charge on any atom is -0.398 e. The molecule has 1 aliphatic heterocycles. The zero-order chi connectivity index (χ0) is 13.3. The highest BCUT2D eigenvalue weighted by Gasteiger charge is 2.32. The highest BCUT2D eigenvalue weighted by molar-refractivity contribution is 9.10. The maximum atomic E-state index is 12.6. The largest absolute Gasteiger partial charge is 0.398 e. The summed E-state index contributed by atoms with van der Waals surface area (Å²) in [5.41, 5.74) is 7.07. The van der Waals surface area contributed by atoms with Crippen molar-refractivity contribution in [3.05, 3.63) is 28.2 Å². The topological polar surface area (TPSA) is 46.3 Å². The predicted octanol–water partition coefficient (Wildman–Crippen LogP) is 3.29. The highest BCUT2D eigenvalue weighted by atomic mass is 79.9. The lowest BCUT2D eigenvalue weighted by atomic mass is 10.0. The zero-order valence-corrected chi connectivity index (χ0v) is 12.4. The van der Waals surface area contributed by atoms with Crippen molar-refractivity contribution in [2.45, 2.75) is 32.7 Å². The van der Waals surface area contributed by atoms with E-state index in [0.29, 0.717) is 23.2 Å². The van der Waals surface area contributed by atoms with Crippen LogP contribution in [0.1, 0.15) is 37.0 Å². The molecule has 1 aromatic carbocycles. The van der Waals surface area contributed by atoms with E-state index in [1.54, 1.807) is 6.07 Å². The Labute approximate surface area is 116 Å². The summed E-state index contributed by atoms with van der Waals surface area (Å²) in [6.07, 6.45) is 2.18. The van der Waals surface area contributed by atoms with Gasteiger partial charge in [0.25, 0.3) is 5.91 Å². The van der Waals surface area contributed by atoms with Crippen molar-refractivity contribution in [3.8, 4) is 0 Å². The van der Waals surface area contributed by atoms with Crippen molar-refractivity contribution >= 4 is 27.5 Å². The van der Waals surface area contributed by atoms with Crippen LogP contribution in [0.2, 0.25) is 0 Å². The second kappa shape index (κ2) is 5.31. The minimum absolute atomic E-state index is 0.0602. The summed E-state index contributed by atoms with van der Waals surface area (Å²) in [4.78, 5) is 14.5. The molecule has 1 heterocycles. The number of benzene rings is 1. The van der Waals surface area contributed by atoms with Crippen molar-refractivity contribution < 1.29 is 4.79 Å². The first-order valence-electron chi connectivity index (χ1n) is 6.36. The number of carbonyl (C=O) groups is 1. The fourth-order valence-corrected chi connectivity index (χ4v) is 2.97. The molecular formula is C14H19BrN2O. The molecule has 0 bridgehead atoms. The lowest BCUT2D eigenvalue weighted by Gasteiger charge is -2.28. The third-order valence-corrected chi connectivity index (χ3v) is 4.07. The molecule has 1 fully saturated rings. The molecule has 1 atom stereocenters. The normalized spacial score (nSPS) is 19.6. The van der Waals surface area contributed by atoms with Crippen molar-refractivity contribution in [1.82, 2.24) is 4.90 Å². The molecule has 1 saturated heterocycles. The number of anilines is 1. The van der Waals surface area contributed by atoms with Gasteiger partial charge in [-0.15, -0.1) is 0 Å². The number of hydrogen-bond acceptors (Lipinski definition) is 2. The first-order valence-corrected chi connectivity index (χ1v) is 7.16. The number of rotatable bonds is 2. The van der Waals surface area contributed by atoms with Crippen LogP contribution in [0.25, 0.3) is 0 Å². The molecule has 98 valence electrons. The lowest BCUT2D eigenvalue weighted by Crippen LogP contribution is -2.38. The highest BCUT2D eigenvalue weighted by Crippen LogP contribution is 2.28. The van der Waals surface area contributed by atoms with Crippen LogP contribution in [0, 0.1) is 5.92 Å². The van der Waals surface area contributed by atoms with Gasteiger partial charge in [-0.1, -0.05) is 29.8 Å². The number of nitrogens with two attached hydrogens (primary N) is 1. The molecule has 0 spiro atoms. The predicted molar refractivity (Wildman–Crippen MR) is 77.5 cm³/mol. The van der Waals surface area contributed by atoms with E-state index in [2.05, 4.69) is 29.8 Å². The Morgan fingerprint density at radius 3 is 2.89 bits per heavy atom. The molecule has 1 aliphatic rings. The van der Waals surface area contributed by atoms with Crippen LogP contribution in [-0.4, -0.2) is 23.4 Å². The molecule has 1 unspecified atom stereocenters. The first-order chi connectivity index (χ1) is 8.50. The number of carbonyl (C=O) groups excluding carboxylic acids is 1. The van der Waals surface area contributed by atoms with E-state index in [1.165, 1.54) is 0 Å². The van der Waals surface area contributed by atoms with Crippen molar-refractivity contribution in [2.75, 3.05) is 12.3 Å². The Morgan fingerprint density at radius 2 is 2.22 bits per heavy atom. The van der Waals surface area contributed by atoms with Gasteiger partial charge in [0.15, 0.2) is 0 Å². The quantitative estimate of drug-likeness (QED) is 0.852. The third-order valence-electron chi connectivity index (χ3n) is 3.58. The van der Waals surface area contributed by atoms with Crippen LogP contribution in [0.3, 0.4) is 0 Å². The van der Waals surface area contributed by atoms with E-state index in [9.17, 15) is 4.79 Å². The molecular weight excluding hydrogens is 292 g/mol. The van der Waals surface area contributed by atoms with Gasteiger partial charge >= 0.3 is 0 Å². The Bertz CT molecular complexity index is 459. The maximum Gasteiger partial charge on any atom is 0.256 e. The van der Waals surface area contributed by atoms with E-state index < -0.39 is 0 Å². The molecule has 1 amide bonds. The fourth-order valence-electron chi connectivity index (χ4n) is 2.61. The van der Waals surface area contributed by atoms with Crippen molar-refractivity contribution in [2.24, 2.45) is 5.92 Å². The van der Waals surface area contributed by atoms with Gasteiger partial charge in [0.05, 0.1) is 5.56 Å². The summed E-state index contributed by atoms with van der Waals surface area (Å²) in [5.74, 6) is 0.551. The third kappa shape index (κ3) is 2.53. The van der Waals surface area contributed by atoms with Gasteiger partial charge in [-0.2, -0.15) is 0 Å². The molecule has 2 N–H and O–H groups in total. The Balaban J connectivity index is 2.28. The van der Waals surface area contributed by atoms with Gasteiger partial charge in [-0.25, -0.2) is 0 Å². The summed E-state index contributed by atoms with van der Waals surface area (Å²) in [5, 5.41) is 0. The average Bonchev–Trinajstić information content (AvgIpc) is 2.80. The number of likely N-dealkylation sites (tertiary alicyclic amines) is 1. The van der Waals surface area contributed by atoms with E-state index in [4.69, 9.17) is 5.73 Å². The molecule has 3 nitrogen and oxygen atoms in total. The van der Waals surface area contributed by atoms with Crippen LogP contribution in [-0.2, 0) is 0 Å². The number of halogens is 1. The lowest BCUT2D eigenvalue weighted by molar-refractivity contribution is 0.0702. The number of nitrogen functional groups attached to an aromatic ring is 1. The molecule has 0 aliphatic carbocycles. The molecule has 0 aromatic heterocycles. The van der Waals surface area contributed by atoms with Crippen molar-refractivity contribution in [1.29, 1.82) is 0 Å². The van der Waals surface area contributed by atoms with Gasteiger partial charge in [-0.05, 0) is 37.0 Å². The Morgan fingerprint density at radius 1 is 1.50 bits per heavy atom. The van der Waals surface area contributed by atoms with E-state index >= 15 is 0 Å². The minimum atomic E-state index is 0.0602. The maximum absolute atomic E-state index is 12.6. The molecule has 18 heavy (non-hydrogen) atoms. The summed E-state index contributed by atoms with van der Waals surface area (Å²) < 4.78 is 0.889. The molecule has 0 saturated carbocycles. The average molecular weight is 311 g/mol. The van der Waals surface area contributed by atoms with Crippen LogP contribution in [0.15, 0.2) is 22.7 Å². The molecule has 2 rings (SSSR count). The standard InChI is InChI=1S/C14H19BrN2O/c1-9(2)13-4-3-7-17(13)14(18)11-8-10(15)5-6-12(11)16/h5-6,8-9,13H,3-4,7,16H2,1-2H3. The summed E-state index contributed by atoms with van der Waals surface area (Å²) >= 11 is 3.39. The number of amides is 1. The van der Waals surface area contributed by atoms with E-state index in [-0.39, 0.29) is 5.91 Å². The molecule has 1 aromatic rings. The zero-order valence-electron chi connectivity index (χ0n) is 10.8. The summed E-state index contributed by atoms with van der Waals surface area (Å²) in [6.45, 7) is 5.18. The monoisotopic (exact) mass is 310 g/mol. The van der Waals surface area contributed by atoms with Gasteiger partial charge in [0.2, 0.25) is 0 Å². The second-order valence-corrected chi connectivity index (χ2v) is 6.10. The summed E-state index contributed by atoms with van der Waals surface area (Å²) in [6, 6.07) is 5.79. The molecule has 0 radical (unpaired) electrons. The van der Waals surface area contributed by atoms with Gasteiger partial charge < -0.3 is 10.6 Å². The van der Waals surface area contributed by atoms with E-state index in [0.717, 1.165) is 23.9 Å². The summed E-state index contributed by atoms with van der Waals surface area (Å²) in [7, 11) is 0. The van der Waals surface area contributed by atoms with Gasteiger partial charge in [0, 0.05) is 22.7 Å². The van der Waals surface area contributed by atoms with Crippen LogP contribution >= 0.6 is 15.9 Å². The van der Waals surface area contributed by atoms with Crippen LogP contribution < -0.4 is 5.73 Å². The van der Waals surface area contributed by atoms with Crippen LogP contribution in [0.5, 0.6) is 0 Å². The van der Waals surface area contributed by atoms with E-state index in [1.807, 2.05) is 17.0 Å².